The number of nitrogens with one attached hydrogen (secondary N) is 2. The van der Waals surface area contributed by atoms with Gasteiger partial charge in [-0.3, -0.25) is 9.89 Å². The summed E-state index contributed by atoms with van der Waals surface area (Å²) >= 11 is 6.09. The minimum absolute atomic E-state index is 0.0635. The Morgan fingerprint density at radius 1 is 1.35 bits per heavy atom. The molecule has 162 valence electrons. The van der Waals surface area contributed by atoms with E-state index in [1.54, 1.807) is 18.3 Å². The third-order valence-electron chi connectivity index (χ3n) is 4.74. The Morgan fingerprint density at radius 3 is 2.87 bits per heavy atom. The molecule has 9 nitrogen and oxygen atoms in total. The number of amides is 1. The third-order valence-corrected chi connectivity index (χ3v) is 4.97. The lowest BCUT2D eigenvalue weighted by atomic mass is 10.1. The van der Waals surface area contributed by atoms with Gasteiger partial charge in [-0.1, -0.05) is 37.4 Å². The number of nitrogens with two attached hydrogens (primary N) is 1. The first kappa shape index (κ1) is 22.5. The highest BCUT2D eigenvalue weighted by Crippen LogP contribution is 2.24. The van der Waals surface area contributed by atoms with Crippen molar-refractivity contribution in [3.8, 4) is 11.8 Å². The Kier molecular flexibility index (Phi) is 7.41. The number of rotatable bonds is 7. The highest BCUT2D eigenvalue weighted by atomic mass is 35.5. The topological polar surface area (TPSA) is 133 Å². The number of pyridine rings is 1. The number of hydrogen-bond donors (Lipinski definition) is 4. The van der Waals surface area contributed by atoms with Crippen LogP contribution in [-0.2, 0) is 0 Å². The van der Waals surface area contributed by atoms with Crippen molar-refractivity contribution >= 4 is 34.1 Å². The quantitative estimate of drug-likeness (QED) is 0.407. The first-order chi connectivity index (χ1) is 14.9. The summed E-state index contributed by atoms with van der Waals surface area (Å²) in [6, 6.07) is 5.36. The van der Waals surface area contributed by atoms with E-state index in [9.17, 15) is 9.90 Å². The Bertz CT molecular complexity index is 1130. The summed E-state index contributed by atoms with van der Waals surface area (Å²) in [5.41, 5.74) is 6.50. The number of nitrogen functional groups attached to an aromatic ring is 1. The molecule has 1 atom stereocenters. The molecule has 0 saturated heterocycles. The molecule has 0 bridgehead atoms. The monoisotopic (exact) mass is 441 g/mol. The number of aromatic nitrogens is 4. The van der Waals surface area contributed by atoms with Crippen molar-refractivity contribution in [2.45, 2.75) is 20.0 Å². The molecular weight excluding hydrogens is 418 g/mol. The van der Waals surface area contributed by atoms with Crippen LogP contribution in [0.1, 0.15) is 35.9 Å². The molecule has 10 heteroatoms. The Balaban J connectivity index is 1.70. The molecule has 5 N–H and O–H groups in total. The van der Waals surface area contributed by atoms with Gasteiger partial charge in [-0.05, 0) is 31.1 Å². The molecule has 0 aliphatic rings. The highest BCUT2D eigenvalue weighted by Gasteiger charge is 2.15. The van der Waals surface area contributed by atoms with Crippen LogP contribution in [0, 0.1) is 11.8 Å². The molecular formula is C21H24ClN7O2. The molecule has 1 amide bonds. The van der Waals surface area contributed by atoms with Gasteiger partial charge in [-0.2, -0.15) is 4.98 Å². The average molecular weight is 442 g/mol. The molecule has 0 fully saturated rings. The average Bonchev–Trinajstić information content (AvgIpc) is 3.24. The van der Waals surface area contributed by atoms with Crippen LogP contribution in [0.4, 0.5) is 5.82 Å². The number of halogens is 1. The predicted molar refractivity (Wildman–Crippen MR) is 120 cm³/mol. The van der Waals surface area contributed by atoms with E-state index < -0.39 is 12.0 Å². The van der Waals surface area contributed by atoms with Gasteiger partial charge in [-0.25, -0.2) is 4.98 Å². The molecule has 2 heterocycles. The predicted octanol–water partition coefficient (Wildman–Crippen LogP) is 1.42. The van der Waals surface area contributed by atoms with Gasteiger partial charge in [0.1, 0.15) is 5.82 Å². The minimum Gasteiger partial charge on any atom is -0.390 e. The molecule has 1 unspecified atom stereocenters. The lowest BCUT2D eigenvalue weighted by Gasteiger charge is -2.21. The van der Waals surface area contributed by atoms with Crippen molar-refractivity contribution in [3.05, 3.63) is 46.6 Å². The minimum atomic E-state index is -0.685. The van der Waals surface area contributed by atoms with E-state index in [1.807, 2.05) is 19.9 Å². The second-order valence-electron chi connectivity index (χ2n) is 6.86. The molecule has 0 aliphatic carbocycles. The number of hydrogen-bond acceptors (Lipinski definition) is 7. The van der Waals surface area contributed by atoms with E-state index in [1.165, 1.54) is 0 Å². The summed E-state index contributed by atoms with van der Waals surface area (Å²) in [6.45, 7) is 6.26. The van der Waals surface area contributed by atoms with Gasteiger partial charge in [0, 0.05) is 35.1 Å². The molecule has 3 aromatic rings. The van der Waals surface area contributed by atoms with Crippen molar-refractivity contribution < 1.29 is 9.90 Å². The Labute approximate surface area is 185 Å². The molecule has 0 spiro atoms. The first-order valence-electron chi connectivity index (χ1n) is 9.88. The van der Waals surface area contributed by atoms with Crippen LogP contribution < -0.4 is 11.1 Å². The third kappa shape index (κ3) is 5.70. The van der Waals surface area contributed by atoms with Gasteiger partial charge in [0.05, 0.1) is 11.7 Å². The number of aliphatic hydroxyl groups is 1. The summed E-state index contributed by atoms with van der Waals surface area (Å²) in [4.78, 5) is 22.6. The number of likely N-dealkylation sites (N-methyl/N-ethyl adjacent to an activating group) is 1. The van der Waals surface area contributed by atoms with Crippen molar-refractivity contribution in [3.63, 3.8) is 0 Å². The lowest BCUT2D eigenvalue weighted by molar-refractivity contribution is 0.0861. The molecule has 1 aromatic carbocycles. The van der Waals surface area contributed by atoms with Gasteiger partial charge in [0.25, 0.3) is 5.91 Å². The van der Waals surface area contributed by atoms with Crippen LogP contribution in [0.15, 0.2) is 24.4 Å². The molecule has 3 rings (SSSR count). The number of anilines is 1. The fraction of sp³-hybridized carbons (Fsp3) is 0.333. The zero-order valence-electron chi connectivity index (χ0n) is 17.3. The van der Waals surface area contributed by atoms with Gasteiger partial charge < -0.3 is 21.1 Å². The zero-order valence-corrected chi connectivity index (χ0v) is 18.1. The number of aromatic amines is 1. The molecule has 0 aliphatic heterocycles. The van der Waals surface area contributed by atoms with Gasteiger partial charge in [0.2, 0.25) is 11.6 Å². The molecule has 0 radical (unpaired) electrons. The second-order valence-corrected chi connectivity index (χ2v) is 7.29. The van der Waals surface area contributed by atoms with Crippen LogP contribution in [-0.4, -0.2) is 68.4 Å². The largest absolute Gasteiger partial charge is 0.390 e. The highest BCUT2D eigenvalue weighted by molar-refractivity contribution is 6.31. The summed E-state index contributed by atoms with van der Waals surface area (Å²) in [5.74, 6) is 5.65. The van der Waals surface area contributed by atoms with Gasteiger partial charge in [0.15, 0.2) is 0 Å². The molecule has 2 aromatic heterocycles. The van der Waals surface area contributed by atoms with E-state index in [0.29, 0.717) is 17.1 Å². The summed E-state index contributed by atoms with van der Waals surface area (Å²) in [5, 5.41) is 21.4. The number of carbonyl (C=O) groups is 1. The van der Waals surface area contributed by atoms with Crippen LogP contribution in [0.5, 0.6) is 0 Å². The fourth-order valence-corrected chi connectivity index (χ4v) is 3.18. The normalized spacial score (nSPS) is 11.9. The number of nitrogens with zero attached hydrogens (tertiary/aromatic N) is 4. The maximum Gasteiger partial charge on any atom is 0.291 e. The fourth-order valence-electron chi connectivity index (χ4n) is 3.01. The van der Waals surface area contributed by atoms with Crippen LogP contribution in [0.2, 0.25) is 5.02 Å². The van der Waals surface area contributed by atoms with E-state index in [0.717, 1.165) is 23.9 Å². The molecule has 0 saturated carbocycles. The summed E-state index contributed by atoms with van der Waals surface area (Å²) < 4.78 is 0. The smallest absolute Gasteiger partial charge is 0.291 e. The number of fused-ring (bicyclic) bond motifs is 1. The van der Waals surface area contributed by atoms with Crippen LogP contribution in [0.3, 0.4) is 0 Å². The van der Waals surface area contributed by atoms with Crippen molar-refractivity contribution in [2.24, 2.45) is 0 Å². The number of aliphatic hydroxyl groups excluding tert-OH is 1. The van der Waals surface area contributed by atoms with E-state index in [-0.39, 0.29) is 24.0 Å². The zero-order chi connectivity index (χ0) is 22.4. The number of carbonyl (C=O) groups excluding carboxylic acids is 1. The maximum absolute atomic E-state index is 12.3. The first-order valence-corrected chi connectivity index (χ1v) is 10.3. The van der Waals surface area contributed by atoms with Crippen molar-refractivity contribution in [1.29, 1.82) is 0 Å². The van der Waals surface area contributed by atoms with E-state index >= 15 is 0 Å². The number of H-pyrrole nitrogens is 1. The van der Waals surface area contributed by atoms with E-state index in [2.05, 4.69) is 42.2 Å². The van der Waals surface area contributed by atoms with Crippen LogP contribution in [0.25, 0.3) is 10.8 Å². The maximum atomic E-state index is 12.3. The van der Waals surface area contributed by atoms with Gasteiger partial charge in [-0.15, -0.1) is 5.10 Å². The van der Waals surface area contributed by atoms with Crippen LogP contribution >= 0.6 is 11.6 Å². The summed E-state index contributed by atoms with van der Waals surface area (Å²) in [7, 11) is 0. The van der Waals surface area contributed by atoms with E-state index in [4.69, 9.17) is 17.3 Å². The lowest BCUT2D eigenvalue weighted by Crippen LogP contribution is -2.40. The second kappa shape index (κ2) is 10.2. The summed E-state index contributed by atoms with van der Waals surface area (Å²) in [6.07, 6.45) is 0.966. The van der Waals surface area contributed by atoms with Crippen molar-refractivity contribution in [2.75, 3.05) is 31.9 Å². The number of benzene rings is 1. The Hall–Kier alpha value is -3.19. The van der Waals surface area contributed by atoms with Crippen molar-refractivity contribution in [1.82, 2.24) is 30.4 Å². The SMILES string of the molecule is CCN(CC)CC(O)CNC(=O)c1n[nH]c(C#Cc2c(N)ncc3ccc(Cl)cc23)n1. The van der Waals surface area contributed by atoms with Gasteiger partial charge >= 0.3 is 0 Å². The molecule has 31 heavy (non-hydrogen) atoms. The standard InChI is InChI=1S/C21H24ClN7O2/c1-3-29(4-2)12-15(30)11-25-21(31)20-26-18(27-28-20)8-7-16-17-9-14(22)6-5-13(17)10-24-19(16)23/h5-6,9-10,15,30H,3-4,11-12H2,1-2H3,(H2,23,24)(H,25,31)(H,26,27,28). The Morgan fingerprint density at radius 2 is 2.13 bits per heavy atom.